The third kappa shape index (κ3) is 4.13. The smallest absolute Gasteiger partial charge is 0.311 e. The first kappa shape index (κ1) is 19.9. The molecule has 1 aliphatic heterocycles. The number of nitrogens with zero attached hydrogens (tertiary/aromatic N) is 3. The lowest BCUT2D eigenvalue weighted by Gasteiger charge is -2.20. The fourth-order valence-electron chi connectivity index (χ4n) is 3.72. The molecule has 0 aliphatic carbocycles. The van der Waals surface area contributed by atoms with Crippen molar-refractivity contribution in [1.82, 2.24) is 14.7 Å². The normalized spacial score (nSPS) is 16.3. The van der Waals surface area contributed by atoms with Crippen LogP contribution in [0, 0.1) is 5.92 Å². The molecule has 4 rings (SSSR count). The Morgan fingerprint density at radius 3 is 2.40 bits per heavy atom. The highest BCUT2D eigenvalue weighted by Gasteiger charge is 2.36. The topological polar surface area (TPSA) is 64.4 Å². The van der Waals surface area contributed by atoms with Crippen LogP contribution in [0.4, 0.5) is 0 Å². The van der Waals surface area contributed by atoms with Gasteiger partial charge in [-0.25, -0.2) is 4.68 Å². The van der Waals surface area contributed by atoms with Crippen LogP contribution < -0.4 is 0 Å². The van der Waals surface area contributed by atoms with Crippen LogP contribution in [0.3, 0.4) is 0 Å². The summed E-state index contributed by atoms with van der Waals surface area (Å²) >= 11 is 0. The number of carbonyl (C=O) groups is 2. The quantitative estimate of drug-likeness (QED) is 0.587. The van der Waals surface area contributed by atoms with E-state index in [1.54, 1.807) is 9.58 Å². The largest absolute Gasteiger partial charge is 0.460 e. The zero-order chi connectivity index (χ0) is 21.1. The third-order valence-electron chi connectivity index (χ3n) is 5.34. The third-order valence-corrected chi connectivity index (χ3v) is 5.34. The van der Waals surface area contributed by atoms with Gasteiger partial charge >= 0.3 is 5.97 Å². The molecule has 0 spiro atoms. The Kier molecular flexibility index (Phi) is 5.65. The summed E-state index contributed by atoms with van der Waals surface area (Å²) in [5.41, 5.74) is 3.49. The van der Waals surface area contributed by atoms with E-state index < -0.39 is 5.92 Å². The number of ether oxygens (including phenoxy) is 1. The Morgan fingerprint density at radius 1 is 1.10 bits per heavy atom. The number of carbonyl (C=O) groups excluding carboxylic acids is 2. The molecule has 0 saturated carbocycles. The maximum absolute atomic E-state index is 12.6. The van der Waals surface area contributed by atoms with Crippen LogP contribution in [-0.4, -0.2) is 39.1 Å². The number of hydrogen-bond acceptors (Lipinski definition) is 4. The van der Waals surface area contributed by atoms with Crippen LogP contribution in [0.25, 0.3) is 16.9 Å². The minimum absolute atomic E-state index is 0.00817. The lowest BCUT2D eigenvalue weighted by Crippen LogP contribution is -2.33. The number of rotatable bonds is 6. The number of esters is 1. The predicted octanol–water partition coefficient (Wildman–Crippen LogP) is 3.84. The zero-order valence-corrected chi connectivity index (χ0v) is 17.2. The van der Waals surface area contributed by atoms with E-state index in [9.17, 15) is 9.59 Å². The highest BCUT2D eigenvalue weighted by atomic mass is 16.5. The molecule has 1 fully saturated rings. The molecule has 2 aromatic carbocycles. The second-order valence-corrected chi connectivity index (χ2v) is 7.80. The van der Waals surface area contributed by atoms with Gasteiger partial charge in [-0.1, -0.05) is 48.5 Å². The first-order valence-electron chi connectivity index (χ1n) is 10.2. The van der Waals surface area contributed by atoms with Gasteiger partial charge in [0.25, 0.3) is 0 Å². The Morgan fingerprint density at radius 2 is 1.77 bits per heavy atom. The van der Waals surface area contributed by atoms with Gasteiger partial charge in [0.2, 0.25) is 5.91 Å². The van der Waals surface area contributed by atoms with E-state index in [-0.39, 0.29) is 30.9 Å². The van der Waals surface area contributed by atoms with Crippen molar-refractivity contribution < 1.29 is 14.3 Å². The Hall–Kier alpha value is -3.41. The van der Waals surface area contributed by atoms with Crippen LogP contribution in [0.1, 0.15) is 25.8 Å². The lowest BCUT2D eigenvalue weighted by atomic mass is 10.1. The minimum Gasteiger partial charge on any atom is -0.460 e. The van der Waals surface area contributed by atoms with E-state index in [0.717, 1.165) is 22.5 Å². The molecule has 0 radical (unpaired) electrons. The van der Waals surface area contributed by atoms with E-state index >= 15 is 0 Å². The van der Waals surface area contributed by atoms with Crippen LogP contribution in [0.15, 0.2) is 66.9 Å². The number of likely N-dealkylation sites (tertiary alicyclic amines) is 1. The molecule has 1 aliphatic rings. The van der Waals surface area contributed by atoms with E-state index in [0.29, 0.717) is 6.54 Å². The monoisotopic (exact) mass is 403 g/mol. The van der Waals surface area contributed by atoms with Crippen LogP contribution in [0.2, 0.25) is 0 Å². The van der Waals surface area contributed by atoms with Crippen LogP contribution in [-0.2, 0) is 20.9 Å². The number of benzene rings is 2. The second-order valence-electron chi connectivity index (χ2n) is 7.80. The first-order valence-corrected chi connectivity index (χ1v) is 10.2. The average molecular weight is 403 g/mol. The molecular formula is C24H25N3O3. The van der Waals surface area contributed by atoms with Gasteiger partial charge in [0.05, 0.1) is 17.3 Å². The van der Waals surface area contributed by atoms with Crippen molar-refractivity contribution in [1.29, 1.82) is 0 Å². The molecule has 0 bridgehead atoms. The molecule has 1 saturated heterocycles. The van der Waals surface area contributed by atoms with Crippen molar-refractivity contribution in [2.75, 3.05) is 6.54 Å². The van der Waals surface area contributed by atoms with E-state index in [1.165, 1.54) is 0 Å². The molecule has 0 N–H and O–H groups in total. The Balaban J connectivity index is 1.54. The first-order chi connectivity index (χ1) is 14.5. The Bertz CT molecular complexity index is 1030. The number of hydrogen-bond donors (Lipinski definition) is 0. The minimum atomic E-state index is -0.413. The molecule has 6 nitrogen and oxygen atoms in total. The van der Waals surface area contributed by atoms with Gasteiger partial charge in [-0.2, -0.15) is 5.10 Å². The molecule has 1 unspecified atom stereocenters. The van der Waals surface area contributed by atoms with Gasteiger partial charge < -0.3 is 9.64 Å². The molecule has 30 heavy (non-hydrogen) atoms. The fourth-order valence-corrected chi connectivity index (χ4v) is 3.72. The molecule has 154 valence electrons. The van der Waals surface area contributed by atoms with E-state index in [1.807, 2.05) is 80.7 Å². The molecule has 2 heterocycles. The average Bonchev–Trinajstić information content (AvgIpc) is 3.37. The van der Waals surface area contributed by atoms with E-state index in [2.05, 4.69) is 0 Å². The maximum Gasteiger partial charge on any atom is 0.311 e. The summed E-state index contributed by atoms with van der Waals surface area (Å²) in [4.78, 5) is 26.5. The van der Waals surface area contributed by atoms with Gasteiger partial charge in [-0.15, -0.1) is 0 Å². The zero-order valence-electron chi connectivity index (χ0n) is 17.2. The van der Waals surface area contributed by atoms with Gasteiger partial charge in [-0.05, 0) is 26.0 Å². The standard InChI is InChI=1S/C24H25N3O3/c1-17(2)26-14-19(13-22(26)28)24(29)30-16-20-15-27(21-11-7-4-8-12-21)25-23(20)18-9-5-3-6-10-18/h3-12,15,17,19H,13-14,16H2,1-2H3. The summed E-state index contributed by atoms with van der Waals surface area (Å²) < 4.78 is 7.43. The van der Waals surface area contributed by atoms with Gasteiger partial charge in [0.15, 0.2) is 0 Å². The summed E-state index contributed by atoms with van der Waals surface area (Å²) in [6.07, 6.45) is 2.11. The summed E-state index contributed by atoms with van der Waals surface area (Å²) in [5, 5.41) is 4.74. The van der Waals surface area contributed by atoms with Crippen LogP contribution in [0.5, 0.6) is 0 Å². The van der Waals surface area contributed by atoms with Crippen molar-refractivity contribution in [3.8, 4) is 16.9 Å². The number of para-hydroxylation sites is 1. The lowest BCUT2D eigenvalue weighted by molar-refractivity contribution is -0.149. The van der Waals surface area contributed by atoms with Crippen LogP contribution >= 0.6 is 0 Å². The van der Waals surface area contributed by atoms with Crippen molar-refractivity contribution >= 4 is 11.9 Å². The molecule has 1 atom stereocenters. The van der Waals surface area contributed by atoms with Crippen molar-refractivity contribution in [2.24, 2.45) is 5.92 Å². The van der Waals surface area contributed by atoms with Crippen molar-refractivity contribution in [3.05, 3.63) is 72.4 Å². The second kappa shape index (κ2) is 8.53. The van der Waals surface area contributed by atoms with Gasteiger partial charge in [0, 0.05) is 36.3 Å². The number of amides is 1. The molecular weight excluding hydrogens is 378 g/mol. The van der Waals surface area contributed by atoms with Gasteiger partial charge in [0.1, 0.15) is 6.61 Å². The van der Waals surface area contributed by atoms with E-state index in [4.69, 9.17) is 9.84 Å². The molecule has 6 heteroatoms. The fraction of sp³-hybridized carbons (Fsp3) is 0.292. The SMILES string of the molecule is CC(C)N1CC(C(=O)OCc2cn(-c3ccccc3)nc2-c2ccccc2)CC1=O. The molecule has 3 aromatic rings. The summed E-state index contributed by atoms with van der Waals surface area (Å²) in [6.45, 7) is 4.44. The van der Waals surface area contributed by atoms with Crippen molar-refractivity contribution in [3.63, 3.8) is 0 Å². The summed E-state index contributed by atoms with van der Waals surface area (Å²) in [7, 11) is 0. The Labute approximate surface area is 176 Å². The summed E-state index contributed by atoms with van der Waals surface area (Å²) in [5.74, 6) is -0.740. The van der Waals surface area contributed by atoms with Gasteiger partial charge in [-0.3, -0.25) is 9.59 Å². The highest BCUT2D eigenvalue weighted by Crippen LogP contribution is 2.26. The maximum atomic E-state index is 12.6. The molecule has 1 amide bonds. The molecule has 1 aromatic heterocycles. The number of aromatic nitrogens is 2. The van der Waals surface area contributed by atoms with Crippen molar-refractivity contribution in [2.45, 2.75) is 32.9 Å². The summed E-state index contributed by atoms with van der Waals surface area (Å²) in [6, 6.07) is 19.7. The predicted molar refractivity (Wildman–Crippen MR) is 114 cm³/mol. The highest BCUT2D eigenvalue weighted by molar-refractivity contribution is 5.87.